The maximum absolute atomic E-state index is 14.4. The first-order valence-corrected chi connectivity index (χ1v) is 19.3. The number of hydrogen-bond acceptors (Lipinski definition) is 7. The Labute approximate surface area is 310 Å². The van der Waals surface area contributed by atoms with E-state index in [0.717, 1.165) is 32.1 Å². The van der Waals surface area contributed by atoms with Crippen molar-refractivity contribution >= 4 is 41.4 Å². The van der Waals surface area contributed by atoms with E-state index in [9.17, 15) is 33.6 Å². The van der Waals surface area contributed by atoms with Gasteiger partial charge in [0.25, 0.3) is 5.91 Å². The first-order valence-electron chi connectivity index (χ1n) is 19.3. The third-order valence-electron chi connectivity index (χ3n) is 10.8. The average molecular weight is 729 g/mol. The molecule has 0 unspecified atom stereocenters. The smallest absolute Gasteiger partial charge is 0.315 e. The molecule has 13 nitrogen and oxygen atoms in total. The van der Waals surface area contributed by atoms with Crippen LogP contribution < -0.4 is 21.3 Å². The van der Waals surface area contributed by atoms with Gasteiger partial charge in [0.05, 0.1) is 12.1 Å². The molecule has 3 saturated heterocycles. The normalized spacial score (nSPS) is 25.9. The van der Waals surface area contributed by atoms with Crippen molar-refractivity contribution in [3.63, 3.8) is 0 Å². The summed E-state index contributed by atoms with van der Waals surface area (Å²) in [6.07, 6.45) is 9.09. The largest absolute Gasteiger partial charge is 0.346 e. The lowest BCUT2D eigenvalue weighted by Gasteiger charge is -2.40. The Morgan fingerprint density at radius 1 is 0.923 bits per heavy atom. The molecule has 3 rings (SSSR count). The summed E-state index contributed by atoms with van der Waals surface area (Å²) >= 11 is 0. The molecule has 3 aliphatic heterocycles. The molecular formula is C39H64N6O7. The predicted octanol–water partition coefficient (Wildman–Crippen LogP) is 4.00. The van der Waals surface area contributed by atoms with Gasteiger partial charge in [-0.05, 0) is 41.9 Å². The fourth-order valence-electron chi connectivity index (χ4n) is 7.56. The van der Waals surface area contributed by atoms with E-state index in [0.29, 0.717) is 38.6 Å². The van der Waals surface area contributed by atoms with Gasteiger partial charge < -0.3 is 26.2 Å². The van der Waals surface area contributed by atoms with Gasteiger partial charge in [-0.2, -0.15) is 0 Å². The zero-order valence-electron chi connectivity index (χ0n) is 32.6. The number of nitrogens with one attached hydrogen (secondary N) is 4. The van der Waals surface area contributed by atoms with Crippen LogP contribution in [0.15, 0.2) is 12.7 Å². The van der Waals surface area contributed by atoms with Crippen LogP contribution in [0, 0.1) is 22.7 Å². The minimum atomic E-state index is -1.03. The van der Waals surface area contributed by atoms with Crippen molar-refractivity contribution in [3.8, 4) is 0 Å². The van der Waals surface area contributed by atoms with E-state index in [2.05, 4.69) is 27.8 Å². The second-order valence-electron chi connectivity index (χ2n) is 17.2. The van der Waals surface area contributed by atoms with Crippen molar-refractivity contribution in [2.75, 3.05) is 19.6 Å². The van der Waals surface area contributed by atoms with Gasteiger partial charge in [0, 0.05) is 32.5 Å². The molecule has 0 aromatic carbocycles. The van der Waals surface area contributed by atoms with Gasteiger partial charge in [-0.3, -0.25) is 33.7 Å². The van der Waals surface area contributed by atoms with Crippen LogP contribution in [0.4, 0.5) is 4.79 Å². The Morgan fingerprint density at radius 2 is 1.50 bits per heavy atom. The summed E-state index contributed by atoms with van der Waals surface area (Å²) < 4.78 is 0. The molecule has 13 heteroatoms. The Balaban J connectivity index is 1.86. The van der Waals surface area contributed by atoms with Crippen molar-refractivity contribution in [2.24, 2.45) is 22.7 Å². The zero-order chi connectivity index (χ0) is 38.8. The van der Waals surface area contributed by atoms with Crippen LogP contribution >= 0.6 is 0 Å². The standard InChI is InChI=1S/C39H64N6O7/c1-9-20-40-35(50)33(48)27-17-15-13-11-10-12-14-16-18-28(36(51)44-21-19-26(25(2)3)32(44)34(49)41-27)42-37(52)43-29(38(4,5)6)24-45-30(46)22-39(7,8)23-31(45)47/h9,25-29,32H,1,10-24H2,2-8H3,(H,40,50)(H,41,49)(H2,42,43,52)/t26-,27+,28+,29-,32+/m1/s1. The zero-order valence-corrected chi connectivity index (χ0v) is 32.6. The number of amides is 7. The number of hydrogen-bond donors (Lipinski definition) is 4. The third kappa shape index (κ3) is 11.9. The van der Waals surface area contributed by atoms with Crippen LogP contribution in [0.25, 0.3) is 0 Å². The minimum absolute atomic E-state index is 0.0131. The molecule has 7 amide bonds. The monoisotopic (exact) mass is 728 g/mol. The molecule has 0 aromatic heterocycles. The molecule has 3 heterocycles. The van der Waals surface area contributed by atoms with Gasteiger partial charge in [0.15, 0.2) is 0 Å². The highest BCUT2D eigenvalue weighted by molar-refractivity contribution is 6.38. The second kappa shape index (κ2) is 18.8. The van der Waals surface area contributed by atoms with Gasteiger partial charge in [-0.25, -0.2) is 4.79 Å². The summed E-state index contributed by atoms with van der Waals surface area (Å²) in [5, 5.41) is 11.2. The van der Waals surface area contributed by atoms with Crippen molar-refractivity contribution in [2.45, 2.75) is 150 Å². The van der Waals surface area contributed by atoms with Crippen molar-refractivity contribution in [3.05, 3.63) is 12.7 Å². The lowest BCUT2D eigenvalue weighted by atomic mass is 9.80. The molecule has 0 aliphatic carbocycles. The van der Waals surface area contributed by atoms with Gasteiger partial charge in [-0.15, -0.1) is 6.58 Å². The number of carbonyl (C=O) groups is 7. The number of urea groups is 1. The number of fused-ring (bicyclic) bond motifs is 1. The van der Waals surface area contributed by atoms with E-state index < -0.39 is 58.6 Å². The van der Waals surface area contributed by atoms with Crippen LogP contribution in [0.3, 0.4) is 0 Å². The molecule has 52 heavy (non-hydrogen) atoms. The van der Waals surface area contributed by atoms with Crippen LogP contribution in [0.5, 0.6) is 0 Å². The van der Waals surface area contributed by atoms with E-state index in [1.807, 2.05) is 48.5 Å². The summed E-state index contributed by atoms with van der Waals surface area (Å²) in [6.45, 7) is 17.5. The predicted molar refractivity (Wildman–Crippen MR) is 199 cm³/mol. The molecule has 4 N–H and O–H groups in total. The molecule has 0 saturated carbocycles. The van der Waals surface area contributed by atoms with Crippen LogP contribution in [0.1, 0.15) is 126 Å². The van der Waals surface area contributed by atoms with Crippen LogP contribution in [0.2, 0.25) is 0 Å². The number of nitrogens with zero attached hydrogens (tertiary/aromatic N) is 2. The fraction of sp³-hybridized carbons (Fsp3) is 0.769. The highest BCUT2D eigenvalue weighted by atomic mass is 16.2. The molecule has 292 valence electrons. The Hall–Kier alpha value is -3.77. The number of rotatable bonds is 9. The summed E-state index contributed by atoms with van der Waals surface area (Å²) in [4.78, 5) is 96.9. The molecule has 0 bridgehead atoms. The molecule has 3 fully saturated rings. The van der Waals surface area contributed by atoms with E-state index in [4.69, 9.17) is 0 Å². The highest BCUT2D eigenvalue weighted by Gasteiger charge is 2.46. The topological polar surface area (TPSA) is 174 Å². The number of imide groups is 1. The lowest BCUT2D eigenvalue weighted by Crippen LogP contribution is -2.60. The Kier molecular flexibility index (Phi) is 15.4. The summed E-state index contributed by atoms with van der Waals surface area (Å²) in [6, 6.07) is -4.05. The molecule has 3 aliphatic rings. The van der Waals surface area contributed by atoms with Gasteiger partial charge in [0.1, 0.15) is 12.1 Å². The summed E-state index contributed by atoms with van der Waals surface area (Å²) in [5.41, 5.74) is -0.957. The SMILES string of the molecule is C=CCNC(=O)C(=O)[C@@H]1CCCCCCCCC[C@H](NC(=O)N[C@H](CN2C(=O)CC(C)(C)CC2=O)C(C)(C)C)C(=O)N2CC[C@H](C(C)C)[C@H]2C(=O)N1. The van der Waals surface area contributed by atoms with Gasteiger partial charge >= 0.3 is 6.03 Å². The van der Waals surface area contributed by atoms with Gasteiger partial charge in [-0.1, -0.05) is 99.5 Å². The van der Waals surface area contributed by atoms with Crippen LogP contribution in [-0.4, -0.2) is 95.0 Å². The molecule has 0 aromatic rings. The van der Waals surface area contributed by atoms with Crippen molar-refractivity contribution in [1.82, 2.24) is 31.1 Å². The molecule has 5 atom stereocenters. The maximum Gasteiger partial charge on any atom is 0.315 e. The number of Topliss-reactive ketones (excluding diaryl/α,β-unsaturated/α-hetero) is 1. The summed E-state index contributed by atoms with van der Waals surface area (Å²) in [5.74, 6) is -3.09. The fourth-order valence-corrected chi connectivity index (χ4v) is 7.56. The molecule has 0 spiro atoms. The van der Waals surface area contributed by atoms with E-state index in [1.54, 1.807) is 0 Å². The highest BCUT2D eigenvalue weighted by Crippen LogP contribution is 2.34. The number of piperidine rings is 1. The lowest BCUT2D eigenvalue weighted by molar-refractivity contribution is -0.153. The van der Waals surface area contributed by atoms with Gasteiger partial charge in [0.2, 0.25) is 29.4 Å². The first kappa shape index (κ1) is 42.6. The molecule has 0 radical (unpaired) electrons. The average Bonchev–Trinajstić information content (AvgIpc) is 3.50. The first-order chi connectivity index (χ1) is 24.4. The maximum atomic E-state index is 14.4. The minimum Gasteiger partial charge on any atom is -0.346 e. The molecular weight excluding hydrogens is 664 g/mol. The van der Waals surface area contributed by atoms with Crippen molar-refractivity contribution < 1.29 is 33.6 Å². The van der Waals surface area contributed by atoms with Crippen LogP contribution in [-0.2, 0) is 28.8 Å². The Morgan fingerprint density at radius 3 is 2.06 bits per heavy atom. The van der Waals surface area contributed by atoms with E-state index >= 15 is 0 Å². The van der Waals surface area contributed by atoms with E-state index in [-0.39, 0.29) is 55.5 Å². The number of likely N-dealkylation sites (tertiary alicyclic amines) is 1. The number of ketones is 1. The van der Waals surface area contributed by atoms with Crippen molar-refractivity contribution in [1.29, 1.82) is 0 Å². The van der Waals surface area contributed by atoms with E-state index in [1.165, 1.54) is 15.9 Å². The Bertz CT molecular complexity index is 1320. The quantitative estimate of drug-likeness (QED) is 0.158. The third-order valence-corrected chi connectivity index (χ3v) is 10.8. The second-order valence-corrected chi connectivity index (χ2v) is 17.2. The number of carbonyl (C=O) groups excluding carboxylic acids is 7. The summed E-state index contributed by atoms with van der Waals surface area (Å²) in [7, 11) is 0.